The summed E-state index contributed by atoms with van der Waals surface area (Å²) in [7, 11) is 0. The molecule has 0 bridgehead atoms. The van der Waals surface area contributed by atoms with E-state index in [4.69, 9.17) is 0 Å². The maximum absolute atomic E-state index is 13.1. The van der Waals surface area contributed by atoms with Gasteiger partial charge < -0.3 is 15.5 Å². The van der Waals surface area contributed by atoms with Gasteiger partial charge in [-0.15, -0.1) is 0 Å². The number of benzene rings is 1. The number of hydrogen-bond donors (Lipinski definition) is 2. The van der Waals surface area contributed by atoms with Crippen molar-refractivity contribution in [2.75, 3.05) is 23.7 Å². The minimum absolute atomic E-state index is 0.0185. The highest BCUT2D eigenvalue weighted by Crippen LogP contribution is 2.32. The number of rotatable bonds is 7. The number of nitrogens with zero attached hydrogens (tertiary/aromatic N) is 4. The van der Waals surface area contributed by atoms with Crippen molar-refractivity contribution in [3.8, 4) is 11.3 Å². The minimum Gasteiger partial charge on any atom is -0.367 e. The lowest BCUT2D eigenvalue weighted by molar-refractivity contribution is -0.138. The molecule has 2 N–H and O–H groups in total. The average Bonchev–Trinajstić information content (AvgIpc) is 2.97. The van der Waals surface area contributed by atoms with Crippen LogP contribution in [0.5, 0.6) is 0 Å². The van der Waals surface area contributed by atoms with Crippen molar-refractivity contribution in [3.63, 3.8) is 0 Å². The zero-order valence-electron chi connectivity index (χ0n) is 23.5. The molecule has 3 aromatic heterocycles. The molecule has 1 aliphatic heterocycles. The summed E-state index contributed by atoms with van der Waals surface area (Å²) in [6, 6.07) is 13.9. The predicted octanol–water partition coefficient (Wildman–Crippen LogP) is 7.27. The third-order valence-electron chi connectivity index (χ3n) is 7.18. The summed E-state index contributed by atoms with van der Waals surface area (Å²) in [5, 5.41) is 6.20. The molecule has 0 aliphatic carbocycles. The summed E-state index contributed by atoms with van der Waals surface area (Å²) in [6.07, 6.45) is -5.02. The first-order chi connectivity index (χ1) is 20.8. The first-order valence-electron chi connectivity index (χ1n) is 13.8. The lowest BCUT2D eigenvalue weighted by Crippen LogP contribution is -2.43. The van der Waals surface area contributed by atoms with Crippen molar-refractivity contribution in [1.82, 2.24) is 19.9 Å². The molecule has 7 nitrogen and oxygen atoms in total. The predicted molar refractivity (Wildman–Crippen MR) is 153 cm³/mol. The van der Waals surface area contributed by atoms with E-state index in [2.05, 4.69) is 25.6 Å². The first kappa shape index (κ1) is 30.8. The molecule has 4 aromatic rings. The third-order valence-corrected chi connectivity index (χ3v) is 7.18. The van der Waals surface area contributed by atoms with Crippen LogP contribution in [0.25, 0.3) is 11.3 Å². The van der Waals surface area contributed by atoms with E-state index in [1.807, 2.05) is 19.1 Å². The number of pyridine rings is 3. The van der Waals surface area contributed by atoms with E-state index in [0.29, 0.717) is 54.4 Å². The Morgan fingerprint density at radius 2 is 1.59 bits per heavy atom. The van der Waals surface area contributed by atoms with Crippen LogP contribution in [0.2, 0.25) is 0 Å². The van der Waals surface area contributed by atoms with Gasteiger partial charge in [-0.05, 0) is 73.4 Å². The van der Waals surface area contributed by atoms with Gasteiger partial charge in [0, 0.05) is 37.1 Å². The summed E-state index contributed by atoms with van der Waals surface area (Å²) in [4.78, 5) is 27.4. The molecule has 13 heteroatoms. The number of piperidine rings is 1. The van der Waals surface area contributed by atoms with Crippen molar-refractivity contribution < 1.29 is 31.1 Å². The van der Waals surface area contributed by atoms with Gasteiger partial charge in [0.15, 0.2) is 0 Å². The van der Waals surface area contributed by atoms with Crippen LogP contribution in [-0.2, 0) is 23.6 Å². The molecule has 4 heterocycles. The molecule has 1 aromatic carbocycles. The molecule has 0 spiro atoms. The smallest absolute Gasteiger partial charge is 0.367 e. The van der Waals surface area contributed by atoms with Gasteiger partial charge in [0.2, 0.25) is 5.91 Å². The highest BCUT2D eigenvalue weighted by Gasteiger charge is 2.32. The Labute approximate surface area is 249 Å². The number of carbonyl (C=O) groups is 1. The van der Waals surface area contributed by atoms with Gasteiger partial charge in [0.25, 0.3) is 0 Å². The van der Waals surface area contributed by atoms with Crippen LogP contribution in [0.15, 0.2) is 73.1 Å². The minimum atomic E-state index is -4.49. The topological polar surface area (TPSA) is 83.0 Å². The number of hydrogen-bond acceptors (Lipinski definition) is 6. The molecule has 1 amide bonds. The number of alkyl halides is 6. The number of nitrogens with one attached hydrogen (secondary N) is 2. The molecular formula is C31H28F6N6O. The van der Waals surface area contributed by atoms with Crippen LogP contribution in [0.3, 0.4) is 0 Å². The van der Waals surface area contributed by atoms with Crippen molar-refractivity contribution >= 4 is 23.4 Å². The van der Waals surface area contributed by atoms with Crippen molar-refractivity contribution in [2.45, 2.75) is 44.6 Å². The van der Waals surface area contributed by atoms with Gasteiger partial charge in [-0.3, -0.25) is 4.79 Å². The Morgan fingerprint density at radius 3 is 2.27 bits per heavy atom. The molecule has 44 heavy (non-hydrogen) atoms. The Bertz CT molecular complexity index is 1620. The normalized spacial score (nSPS) is 14.4. The van der Waals surface area contributed by atoms with Gasteiger partial charge in [-0.25, -0.2) is 15.0 Å². The average molecular weight is 615 g/mol. The van der Waals surface area contributed by atoms with Crippen LogP contribution < -0.4 is 10.6 Å². The van der Waals surface area contributed by atoms with Crippen LogP contribution in [0.4, 0.5) is 43.8 Å². The quantitative estimate of drug-likeness (QED) is 0.213. The van der Waals surface area contributed by atoms with E-state index in [9.17, 15) is 31.1 Å². The largest absolute Gasteiger partial charge is 0.416 e. The van der Waals surface area contributed by atoms with E-state index < -0.39 is 23.5 Å². The van der Waals surface area contributed by atoms with Crippen molar-refractivity contribution in [1.29, 1.82) is 0 Å². The summed E-state index contributed by atoms with van der Waals surface area (Å²) in [5.74, 6) is 0.767. The Hall–Kier alpha value is -4.68. The number of aryl methyl sites for hydroxylation is 1. The van der Waals surface area contributed by atoms with E-state index in [1.165, 1.54) is 12.1 Å². The molecule has 1 saturated heterocycles. The fraction of sp³-hybridized carbons (Fsp3) is 0.290. The number of likely N-dealkylation sites (tertiary alicyclic amines) is 1. The van der Waals surface area contributed by atoms with Gasteiger partial charge in [-0.2, -0.15) is 26.3 Å². The van der Waals surface area contributed by atoms with Crippen LogP contribution in [0, 0.1) is 6.92 Å². The SMILES string of the molecule is Cc1cc(Nc2cc(C(F)(F)F)ccn2)nc(-c2ccc(NC3CCN(C(=O)Cc4cccc(C(F)(F)F)c4)CC3)nc2)c1. The molecule has 0 saturated carbocycles. The maximum Gasteiger partial charge on any atom is 0.416 e. The van der Waals surface area contributed by atoms with Crippen molar-refractivity contribution in [2.24, 2.45) is 0 Å². The van der Waals surface area contributed by atoms with Crippen LogP contribution in [-0.4, -0.2) is 44.9 Å². The molecule has 0 atom stereocenters. The van der Waals surface area contributed by atoms with Gasteiger partial charge in [0.05, 0.1) is 23.2 Å². The highest BCUT2D eigenvalue weighted by molar-refractivity contribution is 5.79. The monoisotopic (exact) mass is 614 g/mol. The number of aromatic nitrogens is 3. The first-order valence-corrected chi connectivity index (χ1v) is 13.8. The fourth-order valence-electron chi connectivity index (χ4n) is 4.94. The second-order valence-electron chi connectivity index (χ2n) is 10.6. The maximum atomic E-state index is 13.1. The standard InChI is InChI=1S/C31H28F6N6O/c1-19-13-25(41-28(14-19)42-27-17-23(7-10-38-27)31(35,36)37)21-5-6-26(39-18-21)40-24-8-11-43(12-9-24)29(44)16-20-3-2-4-22(15-20)30(32,33)34/h2-7,10,13-15,17-18,24H,8-9,11-12,16H2,1H3,(H,39,40)(H,38,41,42). The van der Waals surface area contributed by atoms with Crippen LogP contribution in [0.1, 0.15) is 35.1 Å². The van der Waals surface area contributed by atoms with Gasteiger partial charge >= 0.3 is 12.4 Å². The summed E-state index contributed by atoms with van der Waals surface area (Å²) >= 11 is 0. The Balaban J connectivity index is 1.16. The Morgan fingerprint density at radius 1 is 0.864 bits per heavy atom. The van der Waals surface area contributed by atoms with E-state index >= 15 is 0 Å². The molecule has 0 unspecified atom stereocenters. The van der Waals surface area contributed by atoms with Gasteiger partial charge in [0.1, 0.15) is 17.5 Å². The fourth-order valence-corrected chi connectivity index (χ4v) is 4.94. The number of carbonyl (C=O) groups excluding carboxylic acids is 1. The van der Waals surface area contributed by atoms with E-state index in [1.54, 1.807) is 23.2 Å². The number of anilines is 3. The Kier molecular flexibility index (Phi) is 8.75. The lowest BCUT2D eigenvalue weighted by atomic mass is 10.0. The number of amides is 1. The zero-order valence-corrected chi connectivity index (χ0v) is 23.5. The molecule has 5 rings (SSSR count). The van der Waals surface area contributed by atoms with Crippen molar-refractivity contribution in [3.05, 3.63) is 95.3 Å². The third kappa shape index (κ3) is 7.82. The number of halogens is 6. The second kappa shape index (κ2) is 12.5. The molecule has 1 fully saturated rings. The summed E-state index contributed by atoms with van der Waals surface area (Å²) in [6.45, 7) is 2.78. The van der Waals surface area contributed by atoms with Gasteiger partial charge in [-0.1, -0.05) is 18.2 Å². The molecule has 230 valence electrons. The zero-order chi connectivity index (χ0) is 31.5. The lowest BCUT2D eigenvalue weighted by Gasteiger charge is -2.32. The summed E-state index contributed by atoms with van der Waals surface area (Å²) in [5.41, 5.74) is 0.851. The van der Waals surface area contributed by atoms with E-state index in [-0.39, 0.29) is 24.2 Å². The highest BCUT2D eigenvalue weighted by atomic mass is 19.4. The summed E-state index contributed by atoms with van der Waals surface area (Å²) < 4.78 is 78.2. The molecule has 1 aliphatic rings. The van der Waals surface area contributed by atoms with Crippen LogP contribution >= 0.6 is 0 Å². The molecular weight excluding hydrogens is 586 g/mol. The van der Waals surface area contributed by atoms with E-state index in [0.717, 1.165) is 36.0 Å². The molecule has 0 radical (unpaired) electrons. The second-order valence-corrected chi connectivity index (χ2v) is 10.6.